The van der Waals surface area contributed by atoms with E-state index < -0.39 is 0 Å². The number of hydrogen-bond acceptors (Lipinski definition) is 4. The normalized spacial score (nSPS) is 10.5. The lowest BCUT2D eigenvalue weighted by Crippen LogP contribution is -2.02. The van der Waals surface area contributed by atoms with Gasteiger partial charge in [0, 0.05) is 13.5 Å². The van der Waals surface area contributed by atoms with Crippen molar-refractivity contribution >= 4 is 0 Å². The van der Waals surface area contributed by atoms with Gasteiger partial charge < -0.3 is 13.9 Å². The molecule has 4 nitrogen and oxygen atoms in total. The van der Waals surface area contributed by atoms with E-state index in [0.717, 1.165) is 41.2 Å². The van der Waals surface area contributed by atoms with Crippen LogP contribution in [-0.2, 0) is 17.8 Å². The van der Waals surface area contributed by atoms with Gasteiger partial charge in [-0.1, -0.05) is 0 Å². The van der Waals surface area contributed by atoms with Crippen molar-refractivity contribution in [1.29, 1.82) is 5.26 Å². The van der Waals surface area contributed by atoms with Gasteiger partial charge >= 0.3 is 0 Å². The summed E-state index contributed by atoms with van der Waals surface area (Å²) in [6.07, 6.45) is 1.71. The predicted molar refractivity (Wildman–Crippen MR) is 83.9 cm³/mol. The number of methoxy groups -OCH3 is 1. The van der Waals surface area contributed by atoms with E-state index in [1.807, 2.05) is 38.1 Å². The van der Waals surface area contributed by atoms with E-state index in [1.54, 1.807) is 7.11 Å². The molecular formula is C18H21NO3. The minimum atomic E-state index is 0.500. The van der Waals surface area contributed by atoms with Crippen LogP contribution in [0.2, 0.25) is 0 Å². The number of hydrogen-bond donors (Lipinski definition) is 0. The lowest BCUT2D eigenvalue weighted by Gasteiger charge is -2.12. The van der Waals surface area contributed by atoms with E-state index in [1.165, 1.54) is 0 Å². The third kappa shape index (κ3) is 4.12. The van der Waals surface area contributed by atoms with Gasteiger partial charge in [0.15, 0.2) is 0 Å². The monoisotopic (exact) mass is 299 g/mol. The first kappa shape index (κ1) is 16.1. The average Bonchev–Trinajstić information content (AvgIpc) is 2.93. The molecule has 0 N–H and O–H groups in total. The fourth-order valence-electron chi connectivity index (χ4n) is 2.44. The lowest BCUT2D eigenvalue weighted by atomic mass is 10.1. The molecule has 0 radical (unpaired) electrons. The van der Waals surface area contributed by atoms with Crippen LogP contribution in [0.25, 0.3) is 0 Å². The first-order chi connectivity index (χ1) is 10.6. The highest BCUT2D eigenvalue weighted by Gasteiger charge is 2.07. The quantitative estimate of drug-likeness (QED) is 0.727. The van der Waals surface area contributed by atoms with Crippen molar-refractivity contribution in [2.45, 2.75) is 33.3 Å². The van der Waals surface area contributed by atoms with E-state index >= 15 is 0 Å². The molecule has 2 aromatic rings. The molecule has 0 saturated heterocycles. The van der Waals surface area contributed by atoms with E-state index in [-0.39, 0.29) is 0 Å². The predicted octanol–water partition coefficient (Wildman–Crippen LogP) is 3.93. The Morgan fingerprint density at radius 3 is 2.45 bits per heavy atom. The Bertz CT molecular complexity index is 644. The van der Waals surface area contributed by atoms with Crippen molar-refractivity contribution in [1.82, 2.24) is 0 Å². The summed E-state index contributed by atoms with van der Waals surface area (Å²) in [4.78, 5) is 0. The van der Waals surface area contributed by atoms with Crippen LogP contribution in [0.3, 0.4) is 0 Å². The SMILES string of the molecule is COCc1ccc(CCCOc2c(C)cc(C#N)cc2C)o1. The Hall–Kier alpha value is -2.25. The van der Waals surface area contributed by atoms with Crippen LogP contribution in [0.4, 0.5) is 0 Å². The maximum atomic E-state index is 8.95. The van der Waals surface area contributed by atoms with Crippen LogP contribution in [0.5, 0.6) is 5.75 Å². The maximum absolute atomic E-state index is 8.95. The summed E-state index contributed by atoms with van der Waals surface area (Å²) >= 11 is 0. The molecule has 0 aliphatic carbocycles. The second-order valence-electron chi connectivity index (χ2n) is 5.30. The molecule has 4 heteroatoms. The van der Waals surface area contributed by atoms with Crippen LogP contribution in [-0.4, -0.2) is 13.7 Å². The Morgan fingerprint density at radius 2 is 1.82 bits per heavy atom. The highest BCUT2D eigenvalue weighted by Crippen LogP contribution is 2.24. The summed E-state index contributed by atoms with van der Waals surface area (Å²) < 4.78 is 16.5. The first-order valence-corrected chi connectivity index (χ1v) is 7.34. The van der Waals surface area contributed by atoms with Gasteiger partial charge in [-0.2, -0.15) is 5.26 Å². The summed E-state index contributed by atoms with van der Waals surface area (Å²) in [6, 6.07) is 9.78. The van der Waals surface area contributed by atoms with Crippen molar-refractivity contribution in [3.8, 4) is 11.8 Å². The van der Waals surface area contributed by atoms with Crippen LogP contribution < -0.4 is 4.74 Å². The molecular weight excluding hydrogens is 278 g/mol. The number of nitriles is 1. The molecule has 0 saturated carbocycles. The molecule has 0 fully saturated rings. The van der Waals surface area contributed by atoms with Gasteiger partial charge in [0.2, 0.25) is 0 Å². The van der Waals surface area contributed by atoms with Crippen molar-refractivity contribution in [2.24, 2.45) is 0 Å². The molecule has 116 valence electrons. The fraction of sp³-hybridized carbons (Fsp3) is 0.389. The van der Waals surface area contributed by atoms with E-state index in [2.05, 4.69) is 6.07 Å². The average molecular weight is 299 g/mol. The summed E-state index contributed by atoms with van der Waals surface area (Å²) in [5.74, 6) is 2.67. The number of benzene rings is 1. The molecule has 22 heavy (non-hydrogen) atoms. The highest BCUT2D eigenvalue weighted by atomic mass is 16.5. The largest absolute Gasteiger partial charge is 0.493 e. The van der Waals surface area contributed by atoms with Crippen molar-refractivity contribution in [3.63, 3.8) is 0 Å². The van der Waals surface area contributed by atoms with Crippen LogP contribution in [0, 0.1) is 25.2 Å². The molecule has 0 amide bonds. The smallest absolute Gasteiger partial charge is 0.129 e. The Balaban J connectivity index is 1.85. The zero-order valence-corrected chi connectivity index (χ0v) is 13.3. The number of furan rings is 1. The maximum Gasteiger partial charge on any atom is 0.129 e. The molecule has 1 aromatic carbocycles. The summed E-state index contributed by atoms with van der Waals surface area (Å²) in [7, 11) is 1.65. The van der Waals surface area contributed by atoms with Crippen LogP contribution >= 0.6 is 0 Å². The zero-order chi connectivity index (χ0) is 15.9. The molecule has 1 heterocycles. The van der Waals surface area contributed by atoms with Gasteiger partial charge in [0.25, 0.3) is 0 Å². The van der Waals surface area contributed by atoms with E-state index in [4.69, 9.17) is 19.2 Å². The molecule has 0 aliphatic heterocycles. The number of nitrogens with zero attached hydrogens (tertiary/aromatic N) is 1. The summed E-state index contributed by atoms with van der Waals surface area (Å²) in [5.41, 5.74) is 2.66. The van der Waals surface area contributed by atoms with Gasteiger partial charge in [0.1, 0.15) is 23.9 Å². The second-order valence-corrected chi connectivity index (χ2v) is 5.30. The minimum Gasteiger partial charge on any atom is -0.493 e. The highest BCUT2D eigenvalue weighted by molar-refractivity contribution is 5.47. The van der Waals surface area contributed by atoms with Gasteiger partial charge in [0.05, 0.1) is 18.2 Å². The molecule has 0 unspecified atom stereocenters. The molecule has 1 aromatic heterocycles. The zero-order valence-electron chi connectivity index (χ0n) is 13.3. The number of ether oxygens (including phenoxy) is 2. The molecule has 0 atom stereocenters. The fourth-order valence-corrected chi connectivity index (χ4v) is 2.44. The molecule has 0 spiro atoms. The minimum absolute atomic E-state index is 0.500. The van der Waals surface area contributed by atoms with Gasteiger partial charge in [-0.25, -0.2) is 0 Å². The van der Waals surface area contributed by atoms with Gasteiger partial charge in [-0.15, -0.1) is 0 Å². The lowest BCUT2D eigenvalue weighted by molar-refractivity contribution is 0.162. The third-order valence-corrected chi connectivity index (χ3v) is 3.41. The van der Waals surface area contributed by atoms with E-state index in [9.17, 15) is 0 Å². The Kier molecular flexibility index (Phi) is 5.62. The van der Waals surface area contributed by atoms with Crippen molar-refractivity contribution < 1.29 is 13.9 Å². The van der Waals surface area contributed by atoms with Crippen molar-refractivity contribution in [3.05, 3.63) is 52.5 Å². The van der Waals surface area contributed by atoms with Gasteiger partial charge in [-0.3, -0.25) is 0 Å². The van der Waals surface area contributed by atoms with Crippen molar-refractivity contribution in [2.75, 3.05) is 13.7 Å². The third-order valence-electron chi connectivity index (χ3n) is 3.41. The topological polar surface area (TPSA) is 55.4 Å². The molecule has 0 bridgehead atoms. The Labute approximate surface area is 131 Å². The van der Waals surface area contributed by atoms with Crippen LogP contribution in [0.1, 0.15) is 34.6 Å². The first-order valence-electron chi connectivity index (χ1n) is 7.34. The number of rotatable bonds is 7. The molecule has 0 aliphatic rings. The number of aryl methyl sites for hydroxylation is 3. The standard InChI is InChI=1S/C18H21NO3/c1-13-9-15(11-19)10-14(2)18(13)21-8-4-5-16-6-7-17(22-16)12-20-3/h6-7,9-10H,4-5,8,12H2,1-3H3. The van der Waals surface area contributed by atoms with E-state index in [0.29, 0.717) is 18.8 Å². The van der Waals surface area contributed by atoms with Crippen LogP contribution in [0.15, 0.2) is 28.7 Å². The summed E-state index contributed by atoms with van der Waals surface area (Å²) in [5, 5.41) is 8.95. The second kappa shape index (κ2) is 7.67. The summed E-state index contributed by atoms with van der Waals surface area (Å²) in [6.45, 7) is 5.05. The Morgan fingerprint density at radius 1 is 1.14 bits per heavy atom. The van der Waals surface area contributed by atoms with Gasteiger partial charge in [-0.05, 0) is 55.7 Å². The molecule has 2 rings (SSSR count).